The second-order valence-electron chi connectivity index (χ2n) is 7.01. The predicted molar refractivity (Wildman–Crippen MR) is 119 cm³/mol. The van der Waals surface area contributed by atoms with E-state index in [9.17, 15) is 4.79 Å². The molecule has 3 aromatic rings. The molecule has 0 saturated heterocycles. The van der Waals surface area contributed by atoms with Gasteiger partial charge in [0, 0.05) is 5.69 Å². The zero-order valence-corrected chi connectivity index (χ0v) is 18.1. The number of anilines is 1. The predicted octanol–water partition coefficient (Wildman–Crippen LogP) is 3.95. The molecule has 2 N–H and O–H groups in total. The monoisotopic (exact) mass is 423 g/mol. The van der Waals surface area contributed by atoms with Gasteiger partial charge in [0.1, 0.15) is 16.8 Å². The number of hydrogen-bond donors (Lipinski definition) is 2. The normalized spacial score (nSPS) is 17.7. The van der Waals surface area contributed by atoms with Gasteiger partial charge >= 0.3 is 0 Å². The van der Waals surface area contributed by atoms with E-state index in [-0.39, 0.29) is 11.9 Å². The van der Waals surface area contributed by atoms with Gasteiger partial charge < -0.3 is 15.5 Å². The smallest absolute Gasteiger partial charge is 0.240 e. The minimum Gasteiger partial charge on any atom is -0.494 e. The van der Waals surface area contributed by atoms with Crippen LogP contribution in [0.3, 0.4) is 0 Å². The first-order valence-electron chi connectivity index (χ1n) is 10.1. The molecule has 0 spiro atoms. The molecule has 0 radical (unpaired) electrons. The Morgan fingerprint density at radius 3 is 2.67 bits per heavy atom. The molecule has 0 aliphatic carbocycles. The van der Waals surface area contributed by atoms with Crippen LogP contribution in [-0.2, 0) is 11.2 Å². The first-order chi connectivity index (χ1) is 14.6. The summed E-state index contributed by atoms with van der Waals surface area (Å²) >= 11 is 1.42. The van der Waals surface area contributed by atoms with E-state index in [1.165, 1.54) is 11.8 Å². The van der Waals surface area contributed by atoms with Crippen molar-refractivity contribution in [2.45, 2.75) is 43.6 Å². The molecule has 30 heavy (non-hydrogen) atoms. The number of carbonyl (C=O) groups excluding carboxylic acids is 1. The van der Waals surface area contributed by atoms with Crippen molar-refractivity contribution in [3.8, 4) is 5.75 Å². The Balaban J connectivity index is 1.65. The van der Waals surface area contributed by atoms with Crippen LogP contribution in [0.2, 0.25) is 0 Å². The minimum atomic E-state index is -0.413. The van der Waals surface area contributed by atoms with Gasteiger partial charge in [-0.3, -0.25) is 4.79 Å². The number of thioether (sulfide) groups is 1. The van der Waals surface area contributed by atoms with E-state index >= 15 is 0 Å². The molecule has 2 heterocycles. The SMILES string of the molecule is CCOc1ccc([C@@H]2Nn3c(C)nnc3S[C@@H]2C(=O)Nc2ccccc2CC)cc1. The maximum absolute atomic E-state index is 13.4. The van der Waals surface area contributed by atoms with Gasteiger partial charge in [0.05, 0.1) is 12.6 Å². The fourth-order valence-electron chi connectivity index (χ4n) is 3.50. The van der Waals surface area contributed by atoms with Crippen LogP contribution >= 0.6 is 11.8 Å². The third-order valence-corrected chi connectivity index (χ3v) is 6.28. The van der Waals surface area contributed by atoms with Crippen LogP contribution in [-0.4, -0.2) is 32.6 Å². The maximum atomic E-state index is 13.4. The van der Waals surface area contributed by atoms with E-state index in [4.69, 9.17) is 4.74 Å². The Hall–Kier alpha value is -3.00. The molecule has 0 bridgehead atoms. The highest BCUT2D eigenvalue weighted by molar-refractivity contribution is 8.00. The number of fused-ring (bicyclic) bond motifs is 1. The highest BCUT2D eigenvalue weighted by Gasteiger charge is 2.37. The Labute approximate surface area is 180 Å². The van der Waals surface area contributed by atoms with Crippen molar-refractivity contribution in [3.63, 3.8) is 0 Å². The standard InChI is InChI=1S/C22H25N5O2S/c1-4-15-8-6-7-9-18(15)23-21(28)20-19(16-10-12-17(13-11-16)29-5-2)26-27-14(3)24-25-22(27)30-20/h6-13,19-20,26H,4-5H2,1-3H3,(H,23,28)/t19-,20-/m0/s1. The molecule has 1 aliphatic rings. The van der Waals surface area contributed by atoms with E-state index in [0.717, 1.165) is 34.8 Å². The first-order valence-corrected chi connectivity index (χ1v) is 11.0. The number of nitrogens with one attached hydrogen (secondary N) is 2. The maximum Gasteiger partial charge on any atom is 0.240 e. The summed E-state index contributed by atoms with van der Waals surface area (Å²) in [4.78, 5) is 13.4. The fraction of sp³-hybridized carbons (Fsp3) is 0.318. The highest BCUT2D eigenvalue weighted by Crippen LogP contribution is 2.38. The molecule has 1 amide bonds. The van der Waals surface area contributed by atoms with Gasteiger partial charge in [0.2, 0.25) is 11.1 Å². The van der Waals surface area contributed by atoms with Crippen LogP contribution in [0, 0.1) is 6.92 Å². The lowest BCUT2D eigenvalue weighted by Gasteiger charge is -2.33. The lowest BCUT2D eigenvalue weighted by Crippen LogP contribution is -2.41. The molecule has 0 saturated carbocycles. The van der Waals surface area contributed by atoms with Crippen molar-refractivity contribution in [2.75, 3.05) is 17.3 Å². The van der Waals surface area contributed by atoms with Crippen molar-refractivity contribution < 1.29 is 9.53 Å². The van der Waals surface area contributed by atoms with Gasteiger partial charge in [0.15, 0.2) is 0 Å². The van der Waals surface area contributed by atoms with E-state index in [0.29, 0.717) is 11.8 Å². The molecule has 4 rings (SSSR count). The second-order valence-corrected chi connectivity index (χ2v) is 8.12. The first kappa shape index (κ1) is 20.3. The van der Waals surface area contributed by atoms with Crippen LogP contribution < -0.4 is 15.5 Å². The Morgan fingerprint density at radius 2 is 1.93 bits per heavy atom. The Bertz CT molecular complexity index is 1030. The molecule has 1 aromatic heterocycles. The topological polar surface area (TPSA) is 81.1 Å². The summed E-state index contributed by atoms with van der Waals surface area (Å²) < 4.78 is 7.40. The Kier molecular flexibility index (Phi) is 5.94. The average molecular weight is 424 g/mol. The summed E-state index contributed by atoms with van der Waals surface area (Å²) in [6.45, 7) is 6.53. The quantitative estimate of drug-likeness (QED) is 0.625. The molecule has 156 valence electrons. The van der Waals surface area contributed by atoms with Crippen molar-refractivity contribution in [3.05, 3.63) is 65.5 Å². The van der Waals surface area contributed by atoms with Crippen molar-refractivity contribution in [2.24, 2.45) is 0 Å². The second kappa shape index (κ2) is 8.79. The van der Waals surface area contributed by atoms with Gasteiger partial charge in [-0.2, -0.15) is 0 Å². The van der Waals surface area contributed by atoms with Gasteiger partial charge in [-0.25, -0.2) is 4.68 Å². The van der Waals surface area contributed by atoms with Crippen molar-refractivity contribution in [1.29, 1.82) is 0 Å². The van der Waals surface area contributed by atoms with E-state index in [1.807, 2.05) is 67.1 Å². The third-order valence-electron chi connectivity index (χ3n) is 5.06. The van der Waals surface area contributed by atoms with Gasteiger partial charge in [-0.15, -0.1) is 10.2 Å². The number of aryl methyl sites for hydroxylation is 2. The number of para-hydroxylation sites is 1. The van der Waals surface area contributed by atoms with Crippen LogP contribution in [0.4, 0.5) is 5.69 Å². The van der Waals surface area contributed by atoms with Gasteiger partial charge in [0.25, 0.3) is 0 Å². The molecular formula is C22H25N5O2S. The van der Waals surface area contributed by atoms with Crippen LogP contribution in [0.5, 0.6) is 5.75 Å². The van der Waals surface area contributed by atoms with E-state index < -0.39 is 5.25 Å². The zero-order valence-electron chi connectivity index (χ0n) is 17.3. The van der Waals surface area contributed by atoms with Crippen molar-refractivity contribution in [1.82, 2.24) is 14.9 Å². The van der Waals surface area contributed by atoms with Gasteiger partial charge in [-0.05, 0) is 49.6 Å². The Morgan fingerprint density at radius 1 is 1.17 bits per heavy atom. The number of benzene rings is 2. The van der Waals surface area contributed by atoms with Crippen LogP contribution in [0.25, 0.3) is 0 Å². The lowest BCUT2D eigenvalue weighted by molar-refractivity contribution is -0.116. The molecule has 2 aromatic carbocycles. The summed E-state index contributed by atoms with van der Waals surface area (Å²) in [5.41, 5.74) is 6.38. The highest BCUT2D eigenvalue weighted by atomic mass is 32.2. The number of rotatable bonds is 6. The largest absolute Gasteiger partial charge is 0.494 e. The average Bonchev–Trinajstić information content (AvgIpc) is 3.14. The number of ether oxygens (including phenoxy) is 1. The molecular weight excluding hydrogens is 398 g/mol. The summed E-state index contributed by atoms with van der Waals surface area (Å²) in [7, 11) is 0. The molecule has 2 atom stereocenters. The van der Waals surface area contributed by atoms with Crippen LogP contribution in [0.1, 0.15) is 36.8 Å². The number of amides is 1. The third kappa shape index (κ3) is 4.00. The molecule has 8 heteroatoms. The molecule has 1 aliphatic heterocycles. The molecule has 0 fully saturated rings. The number of carbonyl (C=O) groups is 1. The lowest BCUT2D eigenvalue weighted by atomic mass is 10.0. The van der Waals surface area contributed by atoms with Gasteiger partial charge in [-0.1, -0.05) is 49.0 Å². The van der Waals surface area contributed by atoms with E-state index in [2.05, 4.69) is 27.9 Å². The minimum absolute atomic E-state index is 0.0702. The van der Waals surface area contributed by atoms with E-state index in [1.54, 1.807) is 0 Å². The summed E-state index contributed by atoms with van der Waals surface area (Å²) in [5.74, 6) is 1.49. The summed E-state index contributed by atoms with van der Waals surface area (Å²) in [5, 5.41) is 11.7. The number of nitrogens with zero attached hydrogens (tertiary/aromatic N) is 3. The molecule has 0 unspecified atom stereocenters. The summed E-state index contributed by atoms with van der Waals surface area (Å²) in [6, 6.07) is 15.5. The summed E-state index contributed by atoms with van der Waals surface area (Å²) in [6.07, 6.45) is 0.850. The van der Waals surface area contributed by atoms with Crippen molar-refractivity contribution >= 4 is 23.4 Å². The fourth-order valence-corrected chi connectivity index (χ4v) is 4.63. The molecule has 7 nitrogen and oxygen atoms in total. The van der Waals surface area contributed by atoms with Crippen LogP contribution in [0.15, 0.2) is 53.7 Å². The number of hydrogen-bond acceptors (Lipinski definition) is 6. The zero-order chi connectivity index (χ0) is 21.1. The number of aromatic nitrogens is 3.